The highest BCUT2D eigenvalue weighted by atomic mass is 32.2. The predicted molar refractivity (Wildman–Crippen MR) is 96.6 cm³/mol. The Morgan fingerprint density at radius 3 is 2.64 bits per heavy atom. The Balaban J connectivity index is 1.67. The maximum atomic E-state index is 12.1. The van der Waals surface area contributed by atoms with E-state index in [0.29, 0.717) is 25.9 Å². The summed E-state index contributed by atoms with van der Waals surface area (Å²) in [6, 6.07) is 9.06. The first-order chi connectivity index (χ1) is 12.0. The van der Waals surface area contributed by atoms with Gasteiger partial charge in [0.15, 0.2) is 9.84 Å². The molecule has 0 saturated carbocycles. The molecule has 0 bridgehead atoms. The molecular weight excluding hydrogens is 340 g/mol. The lowest BCUT2D eigenvalue weighted by molar-refractivity contribution is -0.135. The van der Waals surface area contributed by atoms with Crippen molar-refractivity contribution in [2.24, 2.45) is 0 Å². The van der Waals surface area contributed by atoms with E-state index in [9.17, 15) is 18.0 Å². The maximum absolute atomic E-state index is 12.1. The molecule has 2 amide bonds. The van der Waals surface area contributed by atoms with Crippen molar-refractivity contribution in [3.05, 3.63) is 35.9 Å². The molecule has 0 atom stereocenters. The van der Waals surface area contributed by atoms with Crippen LogP contribution in [0.25, 0.3) is 0 Å². The van der Waals surface area contributed by atoms with Crippen LogP contribution in [0.5, 0.6) is 0 Å². The first-order valence-corrected chi connectivity index (χ1v) is 10.6. The second-order valence-electron chi connectivity index (χ2n) is 6.41. The van der Waals surface area contributed by atoms with Crippen LogP contribution < -0.4 is 5.32 Å². The minimum Gasteiger partial charge on any atom is -0.355 e. The molecule has 1 aromatic carbocycles. The van der Waals surface area contributed by atoms with Gasteiger partial charge in [-0.15, -0.1) is 0 Å². The molecule has 138 valence electrons. The Hall–Kier alpha value is -1.89. The molecule has 1 saturated heterocycles. The monoisotopic (exact) mass is 366 g/mol. The number of hydrogen-bond donors (Lipinski definition) is 1. The van der Waals surface area contributed by atoms with Crippen molar-refractivity contribution < 1.29 is 18.0 Å². The minimum absolute atomic E-state index is 0.0179. The Morgan fingerprint density at radius 2 is 1.88 bits per heavy atom. The zero-order chi connectivity index (χ0) is 18.1. The molecule has 1 N–H and O–H groups in total. The largest absolute Gasteiger partial charge is 0.355 e. The summed E-state index contributed by atoms with van der Waals surface area (Å²) in [6.45, 7) is 0.988. The lowest BCUT2D eigenvalue weighted by Crippen LogP contribution is -2.40. The van der Waals surface area contributed by atoms with Crippen molar-refractivity contribution in [1.82, 2.24) is 10.2 Å². The second kappa shape index (κ2) is 9.56. The van der Waals surface area contributed by atoms with Gasteiger partial charge >= 0.3 is 0 Å². The fourth-order valence-corrected chi connectivity index (χ4v) is 4.28. The highest BCUT2D eigenvalue weighted by Crippen LogP contribution is 2.10. The van der Waals surface area contributed by atoms with Crippen LogP contribution in [-0.2, 0) is 25.2 Å². The molecule has 7 heteroatoms. The summed E-state index contributed by atoms with van der Waals surface area (Å²) < 4.78 is 24.2. The fraction of sp³-hybridized carbons (Fsp3) is 0.556. The van der Waals surface area contributed by atoms with Gasteiger partial charge in [0, 0.05) is 19.5 Å². The number of nitrogens with one attached hydrogen (secondary N) is 1. The molecule has 1 heterocycles. The number of nitrogens with zero attached hydrogens (tertiary/aromatic N) is 1. The number of sulfone groups is 1. The van der Waals surface area contributed by atoms with Crippen LogP contribution in [0.15, 0.2) is 30.3 Å². The van der Waals surface area contributed by atoms with Crippen LogP contribution in [0.1, 0.15) is 37.7 Å². The lowest BCUT2D eigenvalue weighted by atomic mass is 10.2. The third kappa shape index (κ3) is 7.25. The van der Waals surface area contributed by atoms with E-state index in [0.717, 1.165) is 24.8 Å². The van der Waals surface area contributed by atoms with Gasteiger partial charge in [0.2, 0.25) is 11.8 Å². The normalized spacial score (nSPS) is 15.7. The van der Waals surface area contributed by atoms with Gasteiger partial charge in [0.25, 0.3) is 0 Å². The zero-order valence-electron chi connectivity index (χ0n) is 14.4. The fourth-order valence-electron chi connectivity index (χ4n) is 2.86. The number of amides is 2. The van der Waals surface area contributed by atoms with Crippen molar-refractivity contribution in [1.29, 1.82) is 0 Å². The SMILES string of the molecule is O=C(CN1CCCCCC1=O)NCCCS(=O)(=O)Cc1ccccc1. The maximum Gasteiger partial charge on any atom is 0.239 e. The molecule has 0 radical (unpaired) electrons. The molecule has 1 aliphatic rings. The molecule has 0 aliphatic carbocycles. The minimum atomic E-state index is -3.19. The summed E-state index contributed by atoms with van der Waals surface area (Å²) in [7, 11) is -3.19. The number of rotatable bonds is 8. The third-order valence-electron chi connectivity index (χ3n) is 4.19. The summed E-state index contributed by atoms with van der Waals surface area (Å²) >= 11 is 0. The average Bonchev–Trinajstić information content (AvgIpc) is 2.77. The lowest BCUT2D eigenvalue weighted by Gasteiger charge is -2.19. The van der Waals surface area contributed by atoms with E-state index in [2.05, 4.69) is 5.32 Å². The van der Waals surface area contributed by atoms with Crippen LogP contribution in [0.4, 0.5) is 0 Å². The van der Waals surface area contributed by atoms with E-state index < -0.39 is 9.84 Å². The van der Waals surface area contributed by atoms with E-state index >= 15 is 0 Å². The van der Waals surface area contributed by atoms with Crippen LogP contribution in [0, 0.1) is 0 Å². The van der Waals surface area contributed by atoms with Crippen LogP contribution in [-0.4, -0.2) is 50.5 Å². The molecule has 1 fully saturated rings. The van der Waals surface area contributed by atoms with Crippen LogP contribution >= 0.6 is 0 Å². The van der Waals surface area contributed by atoms with E-state index in [1.165, 1.54) is 0 Å². The summed E-state index contributed by atoms with van der Waals surface area (Å²) in [5, 5.41) is 2.71. The van der Waals surface area contributed by atoms with Gasteiger partial charge in [-0.05, 0) is 24.8 Å². The first kappa shape index (κ1) is 19.4. The van der Waals surface area contributed by atoms with Crippen molar-refractivity contribution in [2.45, 2.75) is 37.9 Å². The molecule has 1 aromatic rings. The smallest absolute Gasteiger partial charge is 0.239 e. The van der Waals surface area contributed by atoms with Crippen molar-refractivity contribution in [2.75, 3.05) is 25.4 Å². The van der Waals surface area contributed by atoms with E-state index in [1.807, 2.05) is 18.2 Å². The van der Waals surface area contributed by atoms with E-state index in [-0.39, 0.29) is 29.9 Å². The van der Waals surface area contributed by atoms with Crippen LogP contribution in [0.2, 0.25) is 0 Å². The molecule has 1 aliphatic heterocycles. The highest BCUT2D eigenvalue weighted by Gasteiger charge is 2.19. The molecule has 2 rings (SSSR count). The van der Waals surface area contributed by atoms with Crippen molar-refractivity contribution in [3.63, 3.8) is 0 Å². The summed E-state index contributed by atoms with van der Waals surface area (Å²) in [5.41, 5.74) is 0.770. The topological polar surface area (TPSA) is 83.6 Å². The molecule has 0 spiro atoms. The van der Waals surface area contributed by atoms with Gasteiger partial charge in [-0.1, -0.05) is 36.8 Å². The number of hydrogen-bond acceptors (Lipinski definition) is 4. The van der Waals surface area contributed by atoms with Crippen LogP contribution in [0.3, 0.4) is 0 Å². The quantitative estimate of drug-likeness (QED) is 0.707. The highest BCUT2D eigenvalue weighted by molar-refractivity contribution is 7.90. The average molecular weight is 366 g/mol. The van der Waals surface area contributed by atoms with E-state index in [4.69, 9.17) is 0 Å². The van der Waals surface area contributed by atoms with Crippen molar-refractivity contribution >= 4 is 21.7 Å². The second-order valence-corrected chi connectivity index (χ2v) is 8.59. The van der Waals surface area contributed by atoms with Crippen molar-refractivity contribution in [3.8, 4) is 0 Å². The van der Waals surface area contributed by atoms with E-state index in [1.54, 1.807) is 17.0 Å². The predicted octanol–water partition coefficient (Wildman–Crippen LogP) is 1.51. The van der Waals surface area contributed by atoms with Gasteiger partial charge in [-0.3, -0.25) is 9.59 Å². The molecule has 0 aromatic heterocycles. The summed E-state index contributed by atoms with van der Waals surface area (Å²) in [4.78, 5) is 25.4. The summed E-state index contributed by atoms with van der Waals surface area (Å²) in [5.74, 6) is -0.150. The molecule has 25 heavy (non-hydrogen) atoms. The number of likely N-dealkylation sites (tertiary alicyclic amines) is 1. The van der Waals surface area contributed by atoms with Gasteiger partial charge < -0.3 is 10.2 Å². The number of carbonyl (C=O) groups is 2. The van der Waals surface area contributed by atoms with Gasteiger partial charge in [-0.25, -0.2) is 8.42 Å². The Labute approximate surface area is 149 Å². The standard InChI is InChI=1S/C18H26N2O4S/c21-17(14-20-12-6-2-5-10-18(20)22)19-11-7-13-25(23,24)15-16-8-3-1-4-9-16/h1,3-4,8-9H,2,5-7,10-15H2,(H,19,21). The van der Waals surface area contributed by atoms with Gasteiger partial charge in [0.1, 0.15) is 0 Å². The zero-order valence-corrected chi connectivity index (χ0v) is 15.3. The Kier molecular flexibility index (Phi) is 7.43. The molecular formula is C18H26N2O4S. The Morgan fingerprint density at radius 1 is 1.12 bits per heavy atom. The number of carbonyl (C=O) groups excluding carboxylic acids is 2. The van der Waals surface area contributed by atoms with Gasteiger partial charge in [0.05, 0.1) is 18.1 Å². The molecule has 0 unspecified atom stereocenters. The molecule has 6 nitrogen and oxygen atoms in total. The van der Waals surface area contributed by atoms with Gasteiger partial charge in [-0.2, -0.15) is 0 Å². The number of benzene rings is 1. The third-order valence-corrected chi connectivity index (χ3v) is 5.87. The Bertz CT molecular complexity index is 674. The summed E-state index contributed by atoms with van der Waals surface area (Å²) in [6.07, 6.45) is 3.70. The first-order valence-electron chi connectivity index (χ1n) is 8.75.